The summed E-state index contributed by atoms with van der Waals surface area (Å²) in [7, 11) is 0. The number of aromatic nitrogens is 4. The Bertz CT molecular complexity index is 1540. The Balaban J connectivity index is 1.51. The summed E-state index contributed by atoms with van der Waals surface area (Å²) in [5, 5.41) is 6.67. The molecule has 0 aliphatic heterocycles. The van der Waals surface area contributed by atoms with Gasteiger partial charge >= 0.3 is 0 Å². The van der Waals surface area contributed by atoms with E-state index in [0.29, 0.717) is 23.7 Å². The lowest BCUT2D eigenvalue weighted by molar-refractivity contribution is 0.0950. The van der Waals surface area contributed by atoms with Gasteiger partial charge in [-0.15, -0.1) is 11.3 Å². The summed E-state index contributed by atoms with van der Waals surface area (Å²) in [5.41, 5.74) is 7.26. The van der Waals surface area contributed by atoms with Crippen LogP contribution in [0.15, 0.2) is 78.6 Å². The van der Waals surface area contributed by atoms with Crippen molar-refractivity contribution in [1.29, 1.82) is 0 Å². The zero-order valence-corrected chi connectivity index (χ0v) is 22.2. The van der Waals surface area contributed by atoms with Crippen molar-refractivity contribution in [3.05, 3.63) is 112 Å². The lowest BCUT2D eigenvalue weighted by Gasteiger charge is -2.12. The van der Waals surface area contributed by atoms with Gasteiger partial charge in [0.2, 0.25) is 0 Å². The second-order valence-electron chi connectivity index (χ2n) is 8.72. The van der Waals surface area contributed by atoms with Gasteiger partial charge in [-0.3, -0.25) is 14.8 Å². The molecule has 0 fully saturated rings. The van der Waals surface area contributed by atoms with E-state index in [9.17, 15) is 4.79 Å². The monoisotopic (exact) mass is 527 g/mol. The Kier molecular flexibility index (Phi) is 7.44. The molecule has 0 radical (unpaired) electrons. The molecule has 4 aromatic heterocycles. The average Bonchev–Trinajstić information content (AvgIpc) is 3.53. The van der Waals surface area contributed by atoms with Gasteiger partial charge in [0.1, 0.15) is 5.01 Å². The van der Waals surface area contributed by atoms with Gasteiger partial charge in [0.15, 0.2) is 0 Å². The van der Waals surface area contributed by atoms with Crippen LogP contribution in [0.1, 0.15) is 39.8 Å². The van der Waals surface area contributed by atoms with Crippen LogP contribution in [-0.4, -0.2) is 25.4 Å². The molecule has 5 aromatic rings. The van der Waals surface area contributed by atoms with Gasteiger partial charge in [-0.05, 0) is 60.9 Å². The number of nitrogens with one attached hydrogen (secondary N) is 1. The summed E-state index contributed by atoms with van der Waals surface area (Å²) in [6.45, 7) is 5.03. The molecule has 0 unspecified atom stereocenters. The van der Waals surface area contributed by atoms with E-state index in [1.165, 1.54) is 0 Å². The van der Waals surface area contributed by atoms with Crippen molar-refractivity contribution in [3.8, 4) is 22.0 Å². The summed E-state index contributed by atoms with van der Waals surface area (Å²) in [5.74, 6) is -0.135. The largest absolute Gasteiger partial charge is 0.348 e. The van der Waals surface area contributed by atoms with Crippen molar-refractivity contribution < 1.29 is 4.79 Å². The number of hydrogen-bond acceptors (Lipinski definition) is 5. The Morgan fingerprint density at radius 3 is 2.73 bits per heavy atom. The Morgan fingerprint density at radius 1 is 1.08 bits per heavy atom. The smallest absolute Gasteiger partial charge is 0.253 e. The Labute approximate surface area is 225 Å². The maximum Gasteiger partial charge on any atom is 0.253 e. The summed E-state index contributed by atoms with van der Waals surface area (Å²) in [4.78, 5) is 26.7. The first kappa shape index (κ1) is 24.9. The number of nitrogens with zero attached hydrogens (tertiary/aromatic N) is 4. The van der Waals surface area contributed by atoms with Gasteiger partial charge in [0, 0.05) is 59.0 Å². The molecule has 0 atom stereocenters. The van der Waals surface area contributed by atoms with Crippen molar-refractivity contribution in [2.45, 2.75) is 33.4 Å². The highest BCUT2D eigenvalue weighted by atomic mass is 35.5. The van der Waals surface area contributed by atoms with E-state index in [0.717, 1.165) is 50.9 Å². The van der Waals surface area contributed by atoms with Crippen LogP contribution in [0.4, 0.5) is 0 Å². The average molecular weight is 528 g/mol. The fourth-order valence-electron chi connectivity index (χ4n) is 4.22. The van der Waals surface area contributed by atoms with E-state index >= 15 is 0 Å². The zero-order chi connectivity index (χ0) is 25.8. The van der Waals surface area contributed by atoms with Gasteiger partial charge in [0.25, 0.3) is 5.91 Å². The molecule has 0 bridgehead atoms. The van der Waals surface area contributed by atoms with Gasteiger partial charge in [0.05, 0.1) is 17.0 Å². The maximum absolute atomic E-state index is 13.2. The predicted octanol–water partition coefficient (Wildman–Crippen LogP) is 6.57. The fourth-order valence-corrected chi connectivity index (χ4v) is 5.24. The third kappa shape index (κ3) is 5.63. The van der Waals surface area contributed by atoms with Gasteiger partial charge in [-0.1, -0.05) is 36.7 Å². The molecule has 1 aromatic carbocycles. The van der Waals surface area contributed by atoms with E-state index < -0.39 is 0 Å². The van der Waals surface area contributed by atoms with Crippen molar-refractivity contribution in [2.24, 2.45) is 0 Å². The van der Waals surface area contributed by atoms with E-state index in [-0.39, 0.29) is 5.91 Å². The first-order valence-corrected chi connectivity index (χ1v) is 13.3. The number of carbonyl (C=O) groups is 1. The van der Waals surface area contributed by atoms with Gasteiger partial charge in [-0.25, -0.2) is 4.98 Å². The number of thiazole rings is 1. The highest BCUT2D eigenvalue weighted by Crippen LogP contribution is 2.32. The molecule has 0 saturated heterocycles. The van der Waals surface area contributed by atoms with Crippen LogP contribution in [0.3, 0.4) is 0 Å². The molecule has 0 saturated carbocycles. The minimum Gasteiger partial charge on any atom is -0.348 e. The quantitative estimate of drug-likeness (QED) is 0.247. The zero-order valence-electron chi connectivity index (χ0n) is 20.6. The molecule has 0 aliphatic carbocycles. The van der Waals surface area contributed by atoms with Gasteiger partial charge < -0.3 is 9.88 Å². The minimum atomic E-state index is -0.135. The molecule has 186 valence electrons. The molecule has 6 nitrogen and oxygen atoms in total. The second kappa shape index (κ2) is 11.1. The standard InChI is InChI=1S/C29H26ClN5OS/c1-3-24-13-22(9-11-32-24)29-34-26(18-37-29)27-14-25(28(36)33-16-21-7-5-10-31-15-21)19(2)35(27)17-20-6-4-8-23(30)12-20/h4-15,18H,3,16-17H2,1-2H3,(H,33,36). The van der Waals surface area contributed by atoms with Crippen LogP contribution in [0, 0.1) is 6.92 Å². The van der Waals surface area contributed by atoms with Crippen molar-refractivity contribution >= 4 is 28.8 Å². The SMILES string of the molecule is CCc1cc(-c2nc(-c3cc(C(=O)NCc4cccnc4)c(C)n3Cc3cccc(Cl)c3)cs2)ccn1. The third-order valence-electron chi connectivity index (χ3n) is 6.21. The molecule has 5 rings (SSSR count). The summed E-state index contributed by atoms with van der Waals surface area (Å²) < 4.78 is 2.13. The Morgan fingerprint density at radius 2 is 1.95 bits per heavy atom. The third-order valence-corrected chi connectivity index (χ3v) is 7.34. The highest BCUT2D eigenvalue weighted by Gasteiger charge is 2.21. The van der Waals surface area contributed by atoms with Gasteiger partial charge in [-0.2, -0.15) is 0 Å². The highest BCUT2D eigenvalue weighted by molar-refractivity contribution is 7.13. The second-order valence-corrected chi connectivity index (χ2v) is 10.0. The van der Waals surface area contributed by atoms with Crippen LogP contribution in [0.25, 0.3) is 22.0 Å². The van der Waals surface area contributed by atoms with Crippen LogP contribution >= 0.6 is 22.9 Å². The van der Waals surface area contributed by atoms with Crippen molar-refractivity contribution in [3.63, 3.8) is 0 Å². The summed E-state index contributed by atoms with van der Waals surface area (Å²) >= 11 is 7.85. The number of pyridine rings is 2. The lowest BCUT2D eigenvalue weighted by Crippen LogP contribution is -2.23. The van der Waals surface area contributed by atoms with E-state index in [2.05, 4.69) is 32.8 Å². The normalized spacial score (nSPS) is 11.0. The maximum atomic E-state index is 13.2. The fraction of sp³-hybridized carbons (Fsp3) is 0.172. The van der Waals surface area contributed by atoms with E-state index in [1.54, 1.807) is 23.7 Å². The molecule has 8 heteroatoms. The molecule has 37 heavy (non-hydrogen) atoms. The number of aryl methyl sites for hydroxylation is 1. The molecule has 4 heterocycles. The molecular weight excluding hydrogens is 502 g/mol. The number of halogens is 1. The minimum absolute atomic E-state index is 0.135. The topological polar surface area (TPSA) is 72.7 Å². The first-order valence-electron chi connectivity index (χ1n) is 12.0. The molecule has 0 spiro atoms. The number of rotatable bonds is 8. The van der Waals surface area contributed by atoms with Crippen molar-refractivity contribution in [2.75, 3.05) is 0 Å². The molecule has 1 N–H and O–H groups in total. The summed E-state index contributed by atoms with van der Waals surface area (Å²) in [6.07, 6.45) is 6.16. The lowest BCUT2D eigenvalue weighted by atomic mass is 10.2. The molecule has 1 amide bonds. The predicted molar refractivity (Wildman–Crippen MR) is 149 cm³/mol. The van der Waals surface area contributed by atoms with Crippen LogP contribution in [-0.2, 0) is 19.5 Å². The first-order chi connectivity index (χ1) is 18.0. The number of carbonyl (C=O) groups excluding carboxylic acids is 1. The Hall–Kier alpha value is -3.81. The molecular formula is C29H26ClN5OS. The number of amides is 1. The number of hydrogen-bond donors (Lipinski definition) is 1. The summed E-state index contributed by atoms with van der Waals surface area (Å²) in [6, 6.07) is 17.6. The van der Waals surface area contributed by atoms with Crippen LogP contribution < -0.4 is 5.32 Å². The number of benzene rings is 1. The van der Waals surface area contributed by atoms with Crippen LogP contribution in [0.5, 0.6) is 0 Å². The van der Waals surface area contributed by atoms with E-state index in [4.69, 9.17) is 16.6 Å². The molecule has 0 aliphatic rings. The van der Waals surface area contributed by atoms with Crippen molar-refractivity contribution in [1.82, 2.24) is 24.8 Å². The van der Waals surface area contributed by atoms with E-state index in [1.807, 2.05) is 67.0 Å². The van der Waals surface area contributed by atoms with Crippen LogP contribution in [0.2, 0.25) is 5.02 Å².